The molecule has 2 heterocycles. The number of nitrogens with two attached hydrogens (primary N) is 1. The van der Waals surface area contributed by atoms with Gasteiger partial charge in [-0.2, -0.15) is 0 Å². The smallest absolute Gasteiger partial charge is 0.264 e. The molecule has 3 N–H and O–H groups in total. The number of amides is 1. The Morgan fingerprint density at radius 3 is 2.51 bits per heavy atom. The largest absolute Gasteiger partial charge is 0.489 e. The molecule has 0 spiro atoms. The highest BCUT2D eigenvalue weighted by atomic mass is 32.2. The van der Waals surface area contributed by atoms with Crippen molar-refractivity contribution < 1.29 is 23.2 Å². The molecule has 1 amide bonds. The van der Waals surface area contributed by atoms with Crippen molar-refractivity contribution in [2.24, 2.45) is 5.73 Å². The summed E-state index contributed by atoms with van der Waals surface area (Å²) in [5, 5.41) is 11.4. The quantitative estimate of drug-likeness (QED) is 0.435. The van der Waals surface area contributed by atoms with Crippen LogP contribution in [0.1, 0.15) is 30.5 Å². The lowest BCUT2D eigenvalue weighted by molar-refractivity contribution is -0.126. The van der Waals surface area contributed by atoms with Crippen molar-refractivity contribution in [1.82, 2.24) is 14.4 Å². The lowest BCUT2D eigenvalue weighted by Gasteiger charge is -2.33. The van der Waals surface area contributed by atoms with Gasteiger partial charge in [0.1, 0.15) is 18.4 Å². The number of rotatable bonds is 9. The molecule has 186 valence electrons. The zero-order chi connectivity index (χ0) is 25.0. The Bertz CT molecular complexity index is 1290. The molecule has 1 fully saturated rings. The van der Waals surface area contributed by atoms with Crippen LogP contribution in [0.3, 0.4) is 0 Å². The first-order chi connectivity index (χ1) is 16.8. The predicted octanol–water partition coefficient (Wildman–Crippen LogP) is 2.84. The number of piperidine rings is 1. The van der Waals surface area contributed by atoms with Crippen molar-refractivity contribution in [1.29, 1.82) is 0 Å². The molecule has 4 rings (SSSR count). The van der Waals surface area contributed by atoms with Gasteiger partial charge in [0.15, 0.2) is 0 Å². The highest BCUT2D eigenvalue weighted by Gasteiger charge is 2.32. The van der Waals surface area contributed by atoms with E-state index in [0.717, 1.165) is 41.4 Å². The molecule has 0 aliphatic carbocycles. The first kappa shape index (κ1) is 25.1. The number of para-hydroxylation sites is 1. The molecular weight excluding hydrogens is 468 g/mol. The maximum absolute atomic E-state index is 12.9. The molecule has 1 saturated heterocycles. The number of fused-ring (bicyclic) bond motifs is 1. The van der Waals surface area contributed by atoms with Gasteiger partial charge in [0.2, 0.25) is 5.91 Å². The number of primary amides is 1. The Morgan fingerprint density at radius 1 is 1.14 bits per heavy atom. The van der Waals surface area contributed by atoms with Gasteiger partial charge in [-0.15, -0.1) is 0 Å². The average molecular weight is 499 g/mol. The number of aromatic nitrogens is 1. The van der Waals surface area contributed by atoms with Crippen molar-refractivity contribution in [2.45, 2.75) is 43.7 Å². The van der Waals surface area contributed by atoms with Crippen molar-refractivity contribution in [3.05, 3.63) is 65.9 Å². The van der Waals surface area contributed by atoms with E-state index in [0.29, 0.717) is 18.8 Å². The van der Waals surface area contributed by atoms with Gasteiger partial charge in [0.25, 0.3) is 10.0 Å². The minimum Gasteiger partial charge on any atom is -0.489 e. The molecule has 2 aromatic carbocycles. The molecule has 1 aliphatic heterocycles. The normalized spacial score (nSPS) is 15.9. The molecule has 1 aromatic heterocycles. The number of carbonyl (C=O) groups is 1. The highest BCUT2D eigenvalue weighted by molar-refractivity contribution is 7.89. The summed E-state index contributed by atoms with van der Waals surface area (Å²) in [5.41, 5.74) is 8.25. The van der Waals surface area contributed by atoms with Crippen LogP contribution in [0.5, 0.6) is 5.75 Å². The summed E-state index contributed by atoms with van der Waals surface area (Å²) in [5.74, 6) is -0.181. The van der Waals surface area contributed by atoms with E-state index in [2.05, 4.69) is 4.98 Å². The van der Waals surface area contributed by atoms with E-state index in [-0.39, 0.29) is 16.0 Å². The fourth-order valence-electron chi connectivity index (χ4n) is 4.37. The molecule has 0 saturated carbocycles. The molecule has 1 aliphatic rings. The van der Waals surface area contributed by atoms with Gasteiger partial charge in [-0.05, 0) is 69.3 Å². The summed E-state index contributed by atoms with van der Waals surface area (Å²) in [7, 11) is -4.23. The summed E-state index contributed by atoms with van der Waals surface area (Å²) in [6.07, 6.45) is 2.85. The Kier molecular flexibility index (Phi) is 7.66. The number of likely N-dealkylation sites (tertiary alicyclic amines) is 1. The molecular formula is C25H30N4O5S. The van der Waals surface area contributed by atoms with Crippen LogP contribution in [0.15, 0.2) is 59.5 Å². The Labute approximate surface area is 205 Å². The number of sulfonamides is 1. The number of hydrogen-bond acceptors (Lipinski definition) is 7. The number of aryl methyl sites for hydroxylation is 1. The zero-order valence-corrected chi connectivity index (χ0v) is 20.4. The van der Waals surface area contributed by atoms with Crippen molar-refractivity contribution >= 4 is 26.8 Å². The van der Waals surface area contributed by atoms with E-state index in [9.17, 15) is 18.4 Å². The van der Waals surface area contributed by atoms with Crippen molar-refractivity contribution in [3.63, 3.8) is 0 Å². The lowest BCUT2D eigenvalue weighted by Crippen LogP contribution is -2.53. The molecule has 0 radical (unpaired) electrons. The van der Waals surface area contributed by atoms with E-state index >= 15 is 0 Å². The fourth-order valence-corrected chi connectivity index (χ4v) is 5.43. The molecule has 10 heteroatoms. The minimum absolute atomic E-state index is 0.112. The third-order valence-corrected chi connectivity index (χ3v) is 7.78. The van der Waals surface area contributed by atoms with Gasteiger partial charge < -0.3 is 10.5 Å². The Balaban J connectivity index is 1.44. The maximum atomic E-state index is 12.9. The van der Waals surface area contributed by atoms with E-state index in [4.69, 9.17) is 10.5 Å². The van der Waals surface area contributed by atoms with Gasteiger partial charge in [-0.25, -0.2) is 8.42 Å². The predicted molar refractivity (Wildman–Crippen MR) is 131 cm³/mol. The molecule has 0 unspecified atom stereocenters. The molecule has 1 atom stereocenters. The van der Waals surface area contributed by atoms with E-state index in [1.54, 1.807) is 0 Å². The van der Waals surface area contributed by atoms with Crippen molar-refractivity contribution in [3.8, 4) is 5.75 Å². The topological polar surface area (TPSA) is 126 Å². The highest BCUT2D eigenvalue weighted by Crippen LogP contribution is 2.23. The number of nitrogens with zero attached hydrogens (tertiary/aromatic N) is 3. The minimum atomic E-state index is -4.23. The van der Waals surface area contributed by atoms with Gasteiger partial charge in [-0.3, -0.25) is 19.9 Å². The Morgan fingerprint density at radius 2 is 1.83 bits per heavy atom. The maximum Gasteiger partial charge on any atom is 0.264 e. The third kappa shape index (κ3) is 5.79. The molecule has 0 bridgehead atoms. The van der Waals surface area contributed by atoms with Crippen LogP contribution in [0, 0.1) is 6.92 Å². The van der Waals surface area contributed by atoms with Crippen molar-refractivity contribution in [2.75, 3.05) is 19.6 Å². The van der Waals surface area contributed by atoms with Crippen LogP contribution in [-0.4, -0.2) is 59.6 Å². The monoisotopic (exact) mass is 498 g/mol. The standard InChI is InChI=1S/C25H30N4O5S/c1-18-15-19(22-7-3-4-8-23(22)27-18)17-34-20-9-11-21(12-10-20)35(32,33)29(31)16-24(25(26)30)28-13-5-2-6-14-28/h3-4,7-12,15,24,31H,2,5-6,13-14,16-17H2,1H3,(H2,26,30)/t24-/m0/s1. The second-order valence-corrected chi connectivity index (χ2v) is 10.6. The fraction of sp³-hybridized carbons (Fsp3) is 0.360. The molecule has 9 nitrogen and oxygen atoms in total. The summed E-state index contributed by atoms with van der Waals surface area (Å²) in [6, 6.07) is 14.7. The lowest BCUT2D eigenvalue weighted by atomic mass is 10.1. The van der Waals surface area contributed by atoms with Gasteiger partial charge in [0, 0.05) is 16.6 Å². The van der Waals surface area contributed by atoms with Crippen LogP contribution in [-0.2, 0) is 21.4 Å². The summed E-state index contributed by atoms with van der Waals surface area (Å²) >= 11 is 0. The Hall–Kier alpha value is -3.05. The van der Waals surface area contributed by atoms with Crippen LogP contribution < -0.4 is 10.5 Å². The van der Waals surface area contributed by atoms with Crippen LogP contribution >= 0.6 is 0 Å². The van der Waals surface area contributed by atoms with Crippen LogP contribution in [0.2, 0.25) is 0 Å². The van der Waals surface area contributed by atoms with Gasteiger partial charge in [-0.1, -0.05) is 29.1 Å². The number of ether oxygens (including phenoxy) is 1. The average Bonchev–Trinajstić information content (AvgIpc) is 2.86. The first-order valence-electron chi connectivity index (χ1n) is 11.6. The summed E-state index contributed by atoms with van der Waals surface area (Å²) in [4.78, 5) is 18.2. The van der Waals surface area contributed by atoms with Gasteiger partial charge >= 0.3 is 0 Å². The second kappa shape index (κ2) is 10.7. The number of hydrogen-bond donors (Lipinski definition) is 2. The number of carbonyl (C=O) groups excluding carboxylic acids is 1. The molecule has 3 aromatic rings. The second-order valence-electron chi connectivity index (χ2n) is 8.72. The van der Waals surface area contributed by atoms with Gasteiger partial charge in [0.05, 0.1) is 17.0 Å². The number of benzene rings is 2. The van der Waals surface area contributed by atoms with E-state index < -0.39 is 28.5 Å². The summed E-state index contributed by atoms with van der Waals surface area (Å²) < 4.78 is 31.9. The molecule has 35 heavy (non-hydrogen) atoms. The van der Waals surface area contributed by atoms with Crippen LogP contribution in [0.4, 0.5) is 0 Å². The van der Waals surface area contributed by atoms with E-state index in [1.165, 1.54) is 24.3 Å². The number of pyridine rings is 1. The van der Waals surface area contributed by atoms with E-state index in [1.807, 2.05) is 42.2 Å². The number of hydroxylamine groups is 1. The SMILES string of the molecule is Cc1cc(COc2ccc(S(=O)(=O)N(O)C[C@@H](C(N)=O)N3CCCCC3)cc2)c2ccccc2n1. The zero-order valence-electron chi connectivity index (χ0n) is 19.6. The van der Waals surface area contributed by atoms with Crippen LogP contribution in [0.25, 0.3) is 10.9 Å². The first-order valence-corrected chi connectivity index (χ1v) is 13.0. The summed E-state index contributed by atoms with van der Waals surface area (Å²) in [6.45, 7) is 3.06. The third-order valence-electron chi connectivity index (χ3n) is 6.21.